The van der Waals surface area contributed by atoms with Crippen molar-refractivity contribution in [1.82, 2.24) is 4.90 Å². The van der Waals surface area contributed by atoms with Crippen molar-refractivity contribution in [2.75, 3.05) is 26.2 Å². The van der Waals surface area contributed by atoms with Gasteiger partial charge in [-0.2, -0.15) is 13.2 Å². The van der Waals surface area contributed by atoms with Crippen LogP contribution in [0.5, 0.6) is 0 Å². The predicted octanol–water partition coefficient (Wildman–Crippen LogP) is 3.41. The summed E-state index contributed by atoms with van der Waals surface area (Å²) in [5.74, 6) is 0.373. The molecule has 0 bridgehead atoms. The van der Waals surface area contributed by atoms with Crippen LogP contribution in [0.25, 0.3) is 0 Å². The molecule has 0 N–H and O–H groups in total. The zero-order chi connectivity index (χ0) is 16.2. The highest BCUT2D eigenvalue weighted by atomic mass is 19.4. The number of carbonyl (C=O) groups is 1. The number of halogens is 3. The van der Waals surface area contributed by atoms with Crippen molar-refractivity contribution in [3.63, 3.8) is 0 Å². The maximum absolute atomic E-state index is 12.3. The highest BCUT2D eigenvalue weighted by Gasteiger charge is 2.34. The zero-order valence-corrected chi connectivity index (χ0v) is 12.9. The van der Waals surface area contributed by atoms with Crippen LogP contribution in [0.4, 0.5) is 13.2 Å². The normalized spacial score (nSPS) is 27.8. The van der Waals surface area contributed by atoms with E-state index in [0.717, 1.165) is 12.8 Å². The van der Waals surface area contributed by atoms with Crippen LogP contribution in [-0.4, -0.2) is 43.3 Å². The van der Waals surface area contributed by atoms with Crippen LogP contribution in [-0.2, 0) is 9.53 Å². The first-order valence-corrected chi connectivity index (χ1v) is 7.96. The Morgan fingerprint density at radius 1 is 1.23 bits per heavy atom. The van der Waals surface area contributed by atoms with Gasteiger partial charge in [0.05, 0.1) is 19.1 Å². The molecule has 126 valence electrons. The third-order valence-electron chi connectivity index (χ3n) is 4.68. The summed E-state index contributed by atoms with van der Waals surface area (Å²) in [6.07, 6.45) is 2.95. The highest BCUT2D eigenvalue weighted by molar-refractivity contribution is 5.72. The summed E-state index contributed by atoms with van der Waals surface area (Å²) in [5, 5.41) is 0. The van der Waals surface area contributed by atoms with E-state index in [1.165, 1.54) is 4.90 Å². The molecule has 0 spiro atoms. The number of rotatable bonds is 4. The van der Waals surface area contributed by atoms with Crippen LogP contribution in [0.2, 0.25) is 0 Å². The first-order valence-electron chi connectivity index (χ1n) is 7.96. The van der Waals surface area contributed by atoms with E-state index in [-0.39, 0.29) is 11.9 Å². The minimum Gasteiger partial charge on any atom is -0.465 e. The lowest BCUT2D eigenvalue weighted by atomic mass is 9.85. The lowest BCUT2D eigenvalue weighted by Gasteiger charge is -2.32. The van der Waals surface area contributed by atoms with E-state index in [9.17, 15) is 18.0 Å². The summed E-state index contributed by atoms with van der Waals surface area (Å²) in [5.41, 5.74) is 0. The van der Waals surface area contributed by atoms with E-state index in [1.54, 1.807) is 0 Å². The maximum Gasteiger partial charge on any atom is 0.401 e. The molecule has 1 heterocycles. The van der Waals surface area contributed by atoms with Gasteiger partial charge in [0.15, 0.2) is 0 Å². The minimum absolute atomic E-state index is 0.242. The number of allylic oxidation sites excluding steroid dienone is 2. The minimum atomic E-state index is -4.17. The monoisotopic (exact) mass is 319 g/mol. The second-order valence-electron chi connectivity index (χ2n) is 6.48. The molecule has 0 aromatic heterocycles. The number of ether oxygens (including phenoxy) is 1. The van der Waals surface area contributed by atoms with Crippen molar-refractivity contribution < 1.29 is 22.7 Å². The molecule has 1 aliphatic heterocycles. The van der Waals surface area contributed by atoms with Crippen molar-refractivity contribution in [2.24, 2.45) is 17.8 Å². The molecule has 0 saturated carbocycles. The molecule has 2 atom stereocenters. The fourth-order valence-electron chi connectivity index (χ4n) is 3.13. The van der Waals surface area contributed by atoms with Gasteiger partial charge in [0.2, 0.25) is 0 Å². The molecule has 0 aromatic rings. The Labute approximate surface area is 129 Å². The molecule has 22 heavy (non-hydrogen) atoms. The Morgan fingerprint density at radius 2 is 1.86 bits per heavy atom. The Hall–Kier alpha value is -1.04. The first-order chi connectivity index (χ1) is 10.3. The molecular formula is C16H24F3NO2. The molecule has 2 unspecified atom stereocenters. The number of piperidine rings is 1. The molecule has 1 fully saturated rings. The zero-order valence-electron chi connectivity index (χ0n) is 12.9. The van der Waals surface area contributed by atoms with Crippen LogP contribution in [0.1, 0.15) is 32.6 Å². The van der Waals surface area contributed by atoms with Crippen LogP contribution >= 0.6 is 0 Å². The summed E-state index contributed by atoms with van der Waals surface area (Å²) < 4.78 is 42.4. The largest absolute Gasteiger partial charge is 0.465 e. The van der Waals surface area contributed by atoms with Gasteiger partial charge in [-0.25, -0.2) is 0 Å². The second-order valence-corrected chi connectivity index (χ2v) is 6.48. The van der Waals surface area contributed by atoms with Gasteiger partial charge in [0.1, 0.15) is 0 Å². The SMILES string of the molecule is CC1CC=CCC1COC(=O)C1CCN(CC(F)(F)F)CC1. The average Bonchev–Trinajstić information content (AvgIpc) is 2.45. The number of nitrogens with zero attached hydrogens (tertiary/aromatic N) is 1. The van der Waals surface area contributed by atoms with Crippen molar-refractivity contribution in [3.05, 3.63) is 12.2 Å². The smallest absolute Gasteiger partial charge is 0.401 e. The van der Waals surface area contributed by atoms with Crippen LogP contribution in [0, 0.1) is 17.8 Å². The van der Waals surface area contributed by atoms with E-state index in [4.69, 9.17) is 4.74 Å². The molecule has 1 saturated heterocycles. The fourth-order valence-corrected chi connectivity index (χ4v) is 3.13. The number of likely N-dealkylation sites (tertiary alicyclic amines) is 1. The summed E-state index contributed by atoms with van der Waals surface area (Å²) in [6.45, 7) is 2.30. The molecule has 0 aromatic carbocycles. The molecule has 6 heteroatoms. The summed E-state index contributed by atoms with van der Waals surface area (Å²) in [4.78, 5) is 13.4. The average molecular weight is 319 g/mol. The first kappa shape index (κ1) is 17.3. The van der Waals surface area contributed by atoms with E-state index < -0.39 is 12.7 Å². The standard InChI is InChI=1S/C16H24F3NO2/c1-12-4-2-3-5-14(12)10-22-15(21)13-6-8-20(9-7-13)11-16(17,18)19/h2-3,12-14H,4-11H2,1H3. The van der Waals surface area contributed by atoms with E-state index in [0.29, 0.717) is 44.4 Å². The van der Waals surface area contributed by atoms with Crippen LogP contribution < -0.4 is 0 Å². The van der Waals surface area contributed by atoms with Crippen LogP contribution in [0.3, 0.4) is 0 Å². The van der Waals surface area contributed by atoms with Crippen molar-refractivity contribution in [3.8, 4) is 0 Å². The van der Waals surface area contributed by atoms with Crippen molar-refractivity contribution in [2.45, 2.75) is 38.8 Å². The quantitative estimate of drug-likeness (QED) is 0.587. The van der Waals surface area contributed by atoms with Crippen molar-refractivity contribution >= 4 is 5.97 Å². The molecule has 1 aliphatic carbocycles. The lowest BCUT2D eigenvalue weighted by Crippen LogP contribution is -2.42. The molecule has 0 radical (unpaired) electrons. The molecule has 2 aliphatic rings. The Bertz CT molecular complexity index is 401. The summed E-state index contributed by atoms with van der Waals surface area (Å²) in [7, 11) is 0. The van der Waals surface area contributed by atoms with Gasteiger partial charge in [0.25, 0.3) is 0 Å². The van der Waals surface area contributed by atoms with Gasteiger partial charge < -0.3 is 4.74 Å². The Balaban J connectivity index is 1.70. The van der Waals surface area contributed by atoms with E-state index in [1.807, 2.05) is 0 Å². The molecule has 2 rings (SSSR count). The van der Waals surface area contributed by atoms with Gasteiger partial charge >= 0.3 is 12.1 Å². The topological polar surface area (TPSA) is 29.5 Å². The lowest BCUT2D eigenvalue weighted by molar-refractivity contribution is -0.157. The molecule has 3 nitrogen and oxygen atoms in total. The maximum atomic E-state index is 12.3. The van der Waals surface area contributed by atoms with Gasteiger partial charge in [-0.3, -0.25) is 9.69 Å². The second kappa shape index (κ2) is 7.49. The number of esters is 1. The number of hydrogen-bond acceptors (Lipinski definition) is 3. The number of hydrogen-bond donors (Lipinski definition) is 0. The van der Waals surface area contributed by atoms with Crippen LogP contribution in [0.15, 0.2) is 12.2 Å². The van der Waals surface area contributed by atoms with Gasteiger partial charge in [0, 0.05) is 0 Å². The fraction of sp³-hybridized carbons (Fsp3) is 0.812. The number of carbonyl (C=O) groups excluding carboxylic acids is 1. The summed E-state index contributed by atoms with van der Waals surface area (Å²) >= 11 is 0. The van der Waals surface area contributed by atoms with Gasteiger partial charge in [-0.05, 0) is 50.6 Å². The van der Waals surface area contributed by atoms with Gasteiger partial charge in [-0.1, -0.05) is 19.1 Å². The highest BCUT2D eigenvalue weighted by Crippen LogP contribution is 2.27. The summed E-state index contributed by atoms with van der Waals surface area (Å²) in [6, 6.07) is 0. The third-order valence-corrected chi connectivity index (χ3v) is 4.68. The van der Waals surface area contributed by atoms with Gasteiger partial charge in [-0.15, -0.1) is 0 Å². The number of alkyl halides is 3. The Kier molecular flexibility index (Phi) is 5.89. The van der Waals surface area contributed by atoms with E-state index >= 15 is 0 Å². The molecule has 0 amide bonds. The third kappa shape index (κ3) is 5.30. The Morgan fingerprint density at radius 3 is 2.45 bits per heavy atom. The molecular weight excluding hydrogens is 295 g/mol. The predicted molar refractivity (Wildman–Crippen MR) is 77.2 cm³/mol. The van der Waals surface area contributed by atoms with E-state index in [2.05, 4.69) is 19.1 Å². The van der Waals surface area contributed by atoms with Crippen molar-refractivity contribution in [1.29, 1.82) is 0 Å².